The predicted molar refractivity (Wildman–Crippen MR) is 79.4 cm³/mol. The van der Waals surface area contributed by atoms with Crippen molar-refractivity contribution in [1.82, 2.24) is 14.1 Å². The van der Waals surface area contributed by atoms with Crippen molar-refractivity contribution in [2.75, 3.05) is 0 Å². The minimum atomic E-state index is -4.79. The number of rotatable bonds is 1. The van der Waals surface area contributed by atoms with Crippen LogP contribution in [0.3, 0.4) is 0 Å². The molecule has 24 heavy (non-hydrogen) atoms. The Kier molecular flexibility index (Phi) is 3.76. The highest BCUT2D eigenvalue weighted by molar-refractivity contribution is 7.71. The highest BCUT2D eigenvalue weighted by atomic mass is 35.5. The molecule has 0 bridgehead atoms. The zero-order valence-electron chi connectivity index (χ0n) is 11.7. The van der Waals surface area contributed by atoms with Crippen LogP contribution in [0.15, 0.2) is 27.7 Å². The molecule has 126 valence electrons. The largest absolute Gasteiger partial charge is 0.441 e. The standard InChI is InChI=1S/C13H6ClF4N3O2S/c1-20-7(13(16,17)18)3-8(22)21(12(20)24)10-6(15)2-5(14)9-11(10)23-4-19-9/h2-4H,1H3. The zero-order valence-corrected chi connectivity index (χ0v) is 13.3. The lowest BCUT2D eigenvalue weighted by Crippen LogP contribution is -2.28. The number of hydrogen-bond acceptors (Lipinski definition) is 4. The third-order valence-corrected chi connectivity index (χ3v) is 4.07. The number of nitrogens with zero attached hydrogens (tertiary/aromatic N) is 3. The molecule has 1 aromatic carbocycles. The van der Waals surface area contributed by atoms with Crippen molar-refractivity contribution < 1.29 is 22.0 Å². The summed E-state index contributed by atoms with van der Waals surface area (Å²) in [6.07, 6.45) is -3.82. The van der Waals surface area contributed by atoms with Gasteiger partial charge in [-0.05, 0) is 18.3 Å². The van der Waals surface area contributed by atoms with E-state index in [1.807, 2.05) is 0 Å². The number of fused-ring (bicyclic) bond motifs is 1. The average molecular weight is 380 g/mol. The van der Waals surface area contributed by atoms with Crippen molar-refractivity contribution in [2.24, 2.45) is 7.05 Å². The van der Waals surface area contributed by atoms with E-state index in [0.29, 0.717) is 15.2 Å². The lowest BCUT2D eigenvalue weighted by atomic mass is 10.2. The van der Waals surface area contributed by atoms with Crippen LogP contribution in [0.1, 0.15) is 5.69 Å². The number of benzene rings is 1. The van der Waals surface area contributed by atoms with Crippen LogP contribution >= 0.6 is 23.8 Å². The van der Waals surface area contributed by atoms with Crippen LogP contribution in [-0.4, -0.2) is 14.1 Å². The number of hydrogen-bond donors (Lipinski definition) is 0. The molecule has 0 aliphatic rings. The molecule has 2 aromatic heterocycles. The fraction of sp³-hybridized carbons (Fsp3) is 0.154. The number of halogens is 5. The quantitative estimate of drug-likeness (QED) is 0.476. The Labute approximate surface area is 140 Å². The Morgan fingerprint density at radius 2 is 2.00 bits per heavy atom. The summed E-state index contributed by atoms with van der Waals surface area (Å²) < 4.78 is 58.8. The second-order valence-corrected chi connectivity index (χ2v) is 5.53. The minimum Gasteiger partial charge on any atom is -0.441 e. The first-order chi connectivity index (χ1) is 11.1. The van der Waals surface area contributed by atoms with Gasteiger partial charge in [0.15, 0.2) is 22.6 Å². The fourth-order valence-electron chi connectivity index (χ4n) is 2.25. The molecule has 0 unspecified atom stereocenters. The van der Waals surface area contributed by atoms with Gasteiger partial charge >= 0.3 is 6.18 Å². The molecular formula is C13H6ClF4N3O2S. The Hall–Kier alpha value is -2.20. The van der Waals surface area contributed by atoms with E-state index in [-0.39, 0.29) is 16.1 Å². The number of alkyl halides is 3. The van der Waals surface area contributed by atoms with Crippen LogP contribution < -0.4 is 5.56 Å². The van der Waals surface area contributed by atoms with Gasteiger partial charge in [-0.15, -0.1) is 0 Å². The first kappa shape index (κ1) is 16.7. The lowest BCUT2D eigenvalue weighted by Gasteiger charge is -2.16. The van der Waals surface area contributed by atoms with Crippen LogP contribution in [0.25, 0.3) is 16.8 Å². The SMILES string of the molecule is Cn1c(C(F)(F)F)cc(=O)n(-c2c(F)cc(Cl)c3ncoc23)c1=S. The van der Waals surface area contributed by atoms with E-state index in [4.69, 9.17) is 28.2 Å². The highest BCUT2D eigenvalue weighted by Crippen LogP contribution is 2.32. The molecule has 0 N–H and O–H groups in total. The number of aromatic nitrogens is 3. The van der Waals surface area contributed by atoms with Crippen molar-refractivity contribution >= 4 is 34.9 Å². The maximum absolute atomic E-state index is 14.4. The van der Waals surface area contributed by atoms with E-state index in [1.165, 1.54) is 0 Å². The van der Waals surface area contributed by atoms with Gasteiger partial charge in [0, 0.05) is 13.1 Å². The Bertz CT molecular complexity index is 1080. The normalized spacial score (nSPS) is 12.1. The molecule has 0 spiro atoms. The van der Waals surface area contributed by atoms with E-state index in [0.717, 1.165) is 19.5 Å². The van der Waals surface area contributed by atoms with E-state index >= 15 is 0 Å². The van der Waals surface area contributed by atoms with Gasteiger partial charge in [0.05, 0.1) is 5.02 Å². The van der Waals surface area contributed by atoms with Gasteiger partial charge in [-0.1, -0.05) is 11.6 Å². The van der Waals surface area contributed by atoms with Crippen molar-refractivity contribution in [3.8, 4) is 5.69 Å². The smallest absolute Gasteiger partial charge is 0.431 e. The summed E-state index contributed by atoms with van der Waals surface area (Å²) in [6.45, 7) is 0. The van der Waals surface area contributed by atoms with E-state index in [2.05, 4.69) is 4.98 Å². The van der Waals surface area contributed by atoms with Crippen LogP contribution in [0.2, 0.25) is 5.02 Å². The van der Waals surface area contributed by atoms with Crippen LogP contribution in [-0.2, 0) is 13.2 Å². The molecule has 0 amide bonds. The molecule has 2 heterocycles. The molecule has 0 fully saturated rings. The van der Waals surface area contributed by atoms with Gasteiger partial charge in [-0.3, -0.25) is 4.79 Å². The second kappa shape index (κ2) is 5.42. The van der Waals surface area contributed by atoms with Crippen molar-refractivity contribution in [2.45, 2.75) is 6.18 Å². The predicted octanol–water partition coefficient (Wildman–Crippen LogP) is 3.86. The Morgan fingerprint density at radius 3 is 2.62 bits per heavy atom. The molecular weight excluding hydrogens is 374 g/mol. The molecule has 0 radical (unpaired) electrons. The summed E-state index contributed by atoms with van der Waals surface area (Å²) in [5.74, 6) is -0.989. The molecule has 0 aliphatic carbocycles. The summed E-state index contributed by atoms with van der Waals surface area (Å²) in [5, 5.41) is -0.0738. The lowest BCUT2D eigenvalue weighted by molar-refractivity contribution is -0.143. The van der Waals surface area contributed by atoms with Crippen LogP contribution in [0, 0.1) is 10.6 Å². The maximum Gasteiger partial charge on any atom is 0.431 e. The third kappa shape index (κ3) is 2.42. The maximum atomic E-state index is 14.4. The van der Waals surface area contributed by atoms with Crippen molar-refractivity contribution in [1.29, 1.82) is 0 Å². The topological polar surface area (TPSA) is 53.0 Å². The van der Waals surface area contributed by atoms with E-state index in [9.17, 15) is 22.4 Å². The molecule has 0 saturated carbocycles. The zero-order chi connectivity index (χ0) is 17.8. The molecule has 5 nitrogen and oxygen atoms in total. The molecule has 0 saturated heterocycles. The summed E-state index contributed by atoms with van der Waals surface area (Å²) in [7, 11) is 1.02. The third-order valence-electron chi connectivity index (χ3n) is 3.32. The average Bonchev–Trinajstić information content (AvgIpc) is 2.94. The summed E-state index contributed by atoms with van der Waals surface area (Å²) >= 11 is 10.7. The summed E-state index contributed by atoms with van der Waals surface area (Å²) in [5.41, 5.74) is -3.02. The van der Waals surface area contributed by atoms with E-state index in [1.54, 1.807) is 0 Å². The van der Waals surface area contributed by atoms with E-state index < -0.39 is 33.7 Å². The van der Waals surface area contributed by atoms with Gasteiger partial charge in [0.2, 0.25) is 0 Å². The van der Waals surface area contributed by atoms with Crippen molar-refractivity contribution in [3.05, 3.63) is 50.2 Å². The van der Waals surface area contributed by atoms with Gasteiger partial charge < -0.3 is 8.98 Å². The molecule has 3 rings (SSSR count). The molecule has 0 atom stereocenters. The Balaban J connectivity index is 2.46. The number of oxazole rings is 1. The summed E-state index contributed by atoms with van der Waals surface area (Å²) in [6, 6.07) is 1.20. The highest BCUT2D eigenvalue weighted by Gasteiger charge is 2.35. The molecule has 3 aromatic rings. The van der Waals surface area contributed by atoms with Gasteiger partial charge in [-0.2, -0.15) is 13.2 Å². The first-order valence-corrected chi connectivity index (χ1v) is 7.03. The van der Waals surface area contributed by atoms with Crippen LogP contribution in [0.4, 0.5) is 17.6 Å². The molecule has 0 aliphatic heterocycles. The monoisotopic (exact) mass is 379 g/mol. The first-order valence-electron chi connectivity index (χ1n) is 6.24. The fourth-order valence-corrected chi connectivity index (χ4v) is 2.76. The molecule has 11 heteroatoms. The van der Waals surface area contributed by atoms with Gasteiger partial charge in [-0.25, -0.2) is 13.9 Å². The van der Waals surface area contributed by atoms with Crippen LogP contribution in [0.5, 0.6) is 0 Å². The van der Waals surface area contributed by atoms with Gasteiger partial charge in [0.25, 0.3) is 5.56 Å². The van der Waals surface area contributed by atoms with Crippen molar-refractivity contribution in [3.63, 3.8) is 0 Å². The summed E-state index contributed by atoms with van der Waals surface area (Å²) in [4.78, 5) is 16.0. The second-order valence-electron chi connectivity index (χ2n) is 4.76. The Morgan fingerprint density at radius 1 is 1.33 bits per heavy atom. The van der Waals surface area contributed by atoms with Gasteiger partial charge in [0.1, 0.15) is 16.9 Å². The minimum absolute atomic E-state index is 0.0527.